The third kappa shape index (κ3) is 1.21. The summed E-state index contributed by atoms with van der Waals surface area (Å²) < 4.78 is 5.26. The van der Waals surface area contributed by atoms with Crippen molar-refractivity contribution in [1.29, 1.82) is 0 Å². The first kappa shape index (κ1) is 10.1. The van der Waals surface area contributed by atoms with E-state index in [1.807, 2.05) is 0 Å². The molecular weight excluding hydrogens is 208 g/mol. The molecule has 0 radical (unpaired) electrons. The van der Waals surface area contributed by atoms with Crippen molar-refractivity contribution in [3.63, 3.8) is 0 Å². The van der Waals surface area contributed by atoms with Gasteiger partial charge in [-0.1, -0.05) is 0 Å². The van der Waals surface area contributed by atoms with Crippen LogP contribution in [0.15, 0.2) is 0 Å². The number of rotatable bonds is 1. The summed E-state index contributed by atoms with van der Waals surface area (Å²) in [4.78, 5) is 27.8. The lowest BCUT2D eigenvalue weighted by molar-refractivity contribution is -0.156. The molecule has 5 heteroatoms. The molecule has 0 aliphatic carbocycles. The number of piperazine rings is 1. The average Bonchev–Trinajstić information content (AvgIpc) is 2.92. The Bertz CT molecular complexity index is 314. The maximum atomic E-state index is 12.2. The van der Waals surface area contributed by atoms with Crippen molar-refractivity contribution in [2.24, 2.45) is 0 Å². The molecule has 0 aromatic rings. The summed E-state index contributed by atoms with van der Waals surface area (Å²) in [6.07, 6.45) is 2.46. The molecule has 88 valence electrons. The van der Waals surface area contributed by atoms with Gasteiger partial charge in [0.2, 0.25) is 11.8 Å². The second kappa shape index (κ2) is 3.45. The van der Waals surface area contributed by atoms with Crippen molar-refractivity contribution in [2.75, 3.05) is 20.2 Å². The number of nitrogens with zero attached hydrogens (tertiary/aromatic N) is 2. The van der Waals surface area contributed by atoms with E-state index >= 15 is 0 Å². The third-order valence-electron chi connectivity index (χ3n) is 3.99. The Hall–Kier alpha value is -1.10. The standard InChI is InChI=1S/C11H16N2O3/c1-16-7-5-9-11(15)12-4-2-3-8(12)10(14)13(9)6-7/h7-9H,2-6H2,1H3/t7-,8+,9+/m1/s1. The van der Waals surface area contributed by atoms with E-state index in [-0.39, 0.29) is 30.0 Å². The largest absolute Gasteiger partial charge is 0.380 e. The summed E-state index contributed by atoms with van der Waals surface area (Å²) in [5, 5.41) is 0. The molecule has 0 aromatic carbocycles. The molecule has 0 bridgehead atoms. The fourth-order valence-corrected chi connectivity index (χ4v) is 3.12. The smallest absolute Gasteiger partial charge is 0.246 e. The number of carbonyl (C=O) groups excluding carboxylic acids is 2. The van der Waals surface area contributed by atoms with Crippen molar-refractivity contribution >= 4 is 11.8 Å². The van der Waals surface area contributed by atoms with E-state index in [1.165, 1.54) is 0 Å². The number of amides is 2. The Labute approximate surface area is 94.3 Å². The zero-order valence-corrected chi connectivity index (χ0v) is 9.39. The van der Waals surface area contributed by atoms with Crippen molar-refractivity contribution in [3.05, 3.63) is 0 Å². The molecule has 3 saturated heterocycles. The molecule has 0 aromatic heterocycles. The molecule has 3 aliphatic heterocycles. The molecule has 3 atom stereocenters. The summed E-state index contributed by atoms with van der Waals surface area (Å²) >= 11 is 0. The van der Waals surface area contributed by atoms with Crippen LogP contribution in [0.1, 0.15) is 19.3 Å². The zero-order chi connectivity index (χ0) is 11.3. The minimum atomic E-state index is -0.258. The van der Waals surface area contributed by atoms with Crippen LogP contribution >= 0.6 is 0 Å². The monoisotopic (exact) mass is 224 g/mol. The van der Waals surface area contributed by atoms with Crippen LogP contribution in [0.5, 0.6) is 0 Å². The van der Waals surface area contributed by atoms with E-state index in [9.17, 15) is 9.59 Å². The van der Waals surface area contributed by atoms with Crippen LogP contribution in [0.4, 0.5) is 0 Å². The van der Waals surface area contributed by atoms with Gasteiger partial charge >= 0.3 is 0 Å². The number of fused-ring (bicyclic) bond motifs is 2. The molecule has 0 saturated carbocycles. The summed E-state index contributed by atoms with van der Waals surface area (Å²) in [7, 11) is 1.64. The predicted octanol–water partition coefficient (Wildman–Crippen LogP) is -0.393. The van der Waals surface area contributed by atoms with Gasteiger partial charge in [0.05, 0.1) is 6.10 Å². The highest BCUT2D eigenvalue weighted by atomic mass is 16.5. The predicted molar refractivity (Wildman–Crippen MR) is 55.7 cm³/mol. The third-order valence-corrected chi connectivity index (χ3v) is 3.99. The molecule has 3 heterocycles. The summed E-state index contributed by atoms with van der Waals surface area (Å²) in [6.45, 7) is 1.33. The normalized spacial score (nSPS) is 37.9. The molecule has 0 spiro atoms. The Morgan fingerprint density at radius 2 is 1.94 bits per heavy atom. The number of methoxy groups -OCH3 is 1. The van der Waals surface area contributed by atoms with Gasteiger partial charge < -0.3 is 14.5 Å². The van der Waals surface area contributed by atoms with Gasteiger partial charge in [-0.05, 0) is 12.8 Å². The molecule has 3 fully saturated rings. The lowest BCUT2D eigenvalue weighted by Crippen LogP contribution is -2.60. The van der Waals surface area contributed by atoms with Gasteiger partial charge in [-0.3, -0.25) is 9.59 Å². The van der Waals surface area contributed by atoms with Crippen LogP contribution in [-0.4, -0.2) is 60.0 Å². The highest BCUT2D eigenvalue weighted by molar-refractivity contribution is 5.98. The lowest BCUT2D eigenvalue weighted by Gasteiger charge is -2.38. The van der Waals surface area contributed by atoms with E-state index in [0.717, 1.165) is 19.4 Å². The summed E-state index contributed by atoms with van der Waals surface area (Å²) in [6, 6.07) is -0.439. The molecule has 3 rings (SSSR count). The van der Waals surface area contributed by atoms with Crippen molar-refractivity contribution in [3.8, 4) is 0 Å². The molecular formula is C11H16N2O3. The minimum Gasteiger partial charge on any atom is -0.380 e. The Morgan fingerprint density at radius 1 is 1.19 bits per heavy atom. The number of hydrogen-bond donors (Lipinski definition) is 0. The van der Waals surface area contributed by atoms with Gasteiger partial charge in [0.25, 0.3) is 0 Å². The first-order chi connectivity index (χ1) is 7.72. The number of hydrogen-bond acceptors (Lipinski definition) is 3. The first-order valence-corrected chi connectivity index (χ1v) is 5.86. The van der Waals surface area contributed by atoms with Gasteiger partial charge in [0, 0.05) is 26.6 Å². The van der Waals surface area contributed by atoms with Gasteiger partial charge in [0.1, 0.15) is 12.1 Å². The maximum Gasteiger partial charge on any atom is 0.246 e. The van der Waals surface area contributed by atoms with E-state index in [0.29, 0.717) is 13.0 Å². The second-order valence-corrected chi connectivity index (χ2v) is 4.79. The molecule has 0 unspecified atom stereocenters. The van der Waals surface area contributed by atoms with E-state index in [2.05, 4.69) is 0 Å². The highest BCUT2D eigenvalue weighted by Crippen LogP contribution is 2.32. The Balaban J connectivity index is 1.88. The lowest BCUT2D eigenvalue weighted by atomic mass is 10.1. The quantitative estimate of drug-likeness (QED) is 0.609. The van der Waals surface area contributed by atoms with Gasteiger partial charge in [-0.15, -0.1) is 0 Å². The SMILES string of the molecule is CO[C@@H]1C[C@H]2C(=O)N3CCC[C@H]3C(=O)N2C1. The number of carbonyl (C=O) groups is 2. The fourth-order valence-electron chi connectivity index (χ4n) is 3.12. The molecule has 3 aliphatic rings. The molecule has 16 heavy (non-hydrogen) atoms. The molecule has 2 amide bonds. The highest BCUT2D eigenvalue weighted by Gasteiger charge is 2.51. The summed E-state index contributed by atoms with van der Waals surface area (Å²) in [5.41, 5.74) is 0. The Kier molecular flexibility index (Phi) is 2.17. The molecule has 0 N–H and O–H groups in total. The second-order valence-electron chi connectivity index (χ2n) is 4.79. The molecule has 5 nitrogen and oxygen atoms in total. The fraction of sp³-hybridized carbons (Fsp3) is 0.818. The number of ether oxygens (including phenoxy) is 1. The van der Waals surface area contributed by atoms with E-state index < -0.39 is 0 Å². The maximum absolute atomic E-state index is 12.2. The van der Waals surface area contributed by atoms with Crippen LogP contribution in [0.3, 0.4) is 0 Å². The van der Waals surface area contributed by atoms with Crippen LogP contribution in [0.2, 0.25) is 0 Å². The van der Waals surface area contributed by atoms with Crippen LogP contribution in [-0.2, 0) is 14.3 Å². The first-order valence-electron chi connectivity index (χ1n) is 5.86. The average molecular weight is 224 g/mol. The van der Waals surface area contributed by atoms with Gasteiger partial charge in [-0.25, -0.2) is 0 Å². The van der Waals surface area contributed by atoms with E-state index in [1.54, 1.807) is 16.9 Å². The van der Waals surface area contributed by atoms with Gasteiger partial charge in [0.15, 0.2) is 0 Å². The van der Waals surface area contributed by atoms with Crippen LogP contribution in [0, 0.1) is 0 Å². The topological polar surface area (TPSA) is 49.9 Å². The van der Waals surface area contributed by atoms with Crippen molar-refractivity contribution < 1.29 is 14.3 Å². The van der Waals surface area contributed by atoms with Crippen molar-refractivity contribution in [1.82, 2.24) is 9.80 Å². The Morgan fingerprint density at radius 3 is 2.69 bits per heavy atom. The van der Waals surface area contributed by atoms with Gasteiger partial charge in [-0.2, -0.15) is 0 Å². The van der Waals surface area contributed by atoms with Crippen molar-refractivity contribution in [2.45, 2.75) is 37.5 Å². The van der Waals surface area contributed by atoms with Crippen LogP contribution < -0.4 is 0 Å². The summed E-state index contributed by atoms with van der Waals surface area (Å²) in [5.74, 6) is 0.253. The van der Waals surface area contributed by atoms with Crippen LogP contribution in [0.25, 0.3) is 0 Å². The van der Waals surface area contributed by atoms with E-state index in [4.69, 9.17) is 4.74 Å². The zero-order valence-electron chi connectivity index (χ0n) is 9.39. The minimum absolute atomic E-state index is 0.0259.